The molecule has 1 aliphatic rings. The molecular weight excluding hydrogens is 120 g/mol. The molecule has 0 N–H and O–H groups in total. The van der Waals surface area contributed by atoms with Crippen molar-refractivity contribution in [2.45, 2.75) is 25.6 Å². The van der Waals surface area contributed by atoms with Crippen molar-refractivity contribution in [1.82, 2.24) is 0 Å². The van der Waals surface area contributed by atoms with E-state index in [4.69, 9.17) is 4.43 Å². The fraction of sp³-hybridized carbons (Fsp3) is 0.800. The predicted octanol–water partition coefficient (Wildman–Crippen LogP) is 1.14. The lowest BCUT2D eigenvalue weighted by Crippen LogP contribution is -2.24. The molecule has 0 atom stereocenters. The van der Waals surface area contributed by atoms with Crippen LogP contribution in [0, 0.1) is 0 Å². The van der Waals surface area contributed by atoms with Crippen LogP contribution in [0.3, 0.4) is 0 Å². The Labute approximate surface area is 50.0 Å². The molecule has 1 rings (SSSR count). The van der Waals surface area contributed by atoms with Gasteiger partial charge >= 0.3 is 0 Å². The first-order chi connectivity index (χ1) is 3.60. The van der Waals surface area contributed by atoms with Crippen LogP contribution in [-0.4, -0.2) is 14.3 Å². The highest BCUT2D eigenvalue weighted by Crippen LogP contribution is 2.21. The predicted molar refractivity (Wildman–Crippen MR) is 33.0 cm³/mol. The maximum absolute atomic E-state index is 10.5. The van der Waals surface area contributed by atoms with E-state index >= 15 is 0 Å². The normalized spacial score (nSPS) is 25.5. The minimum Gasteiger partial charge on any atom is -0.520 e. The van der Waals surface area contributed by atoms with Crippen LogP contribution >= 0.6 is 0 Å². The van der Waals surface area contributed by atoms with Gasteiger partial charge in [-0.15, -0.1) is 0 Å². The molecule has 1 saturated heterocycles. The largest absolute Gasteiger partial charge is 0.520 e. The average Bonchev–Trinajstić information content (AvgIpc) is 1.82. The van der Waals surface area contributed by atoms with E-state index in [0.29, 0.717) is 6.42 Å². The summed E-state index contributed by atoms with van der Waals surface area (Å²) in [6.07, 6.45) is 0.652. The van der Waals surface area contributed by atoms with Gasteiger partial charge < -0.3 is 4.43 Å². The molecule has 0 aromatic rings. The minimum atomic E-state index is -1.45. The fourth-order valence-electron chi connectivity index (χ4n) is 0.813. The van der Waals surface area contributed by atoms with Crippen molar-refractivity contribution >= 4 is 14.3 Å². The second kappa shape index (κ2) is 1.58. The van der Waals surface area contributed by atoms with Crippen LogP contribution in [-0.2, 0) is 9.22 Å². The fourth-order valence-corrected chi connectivity index (χ4v) is 2.44. The lowest BCUT2D eigenvalue weighted by molar-refractivity contribution is -0.132. The Kier molecular flexibility index (Phi) is 1.15. The molecule has 2 nitrogen and oxygen atoms in total. The van der Waals surface area contributed by atoms with E-state index in [1.165, 1.54) is 0 Å². The zero-order valence-electron chi connectivity index (χ0n) is 5.23. The minimum absolute atomic E-state index is 0.00154. The first-order valence-corrected chi connectivity index (χ1v) is 5.93. The number of hydrogen-bond acceptors (Lipinski definition) is 2. The van der Waals surface area contributed by atoms with Crippen molar-refractivity contribution in [2.24, 2.45) is 0 Å². The second-order valence-corrected chi connectivity index (χ2v) is 6.96. The summed E-state index contributed by atoms with van der Waals surface area (Å²) >= 11 is 0. The van der Waals surface area contributed by atoms with Gasteiger partial charge in [-0.3, -0.25) is 4.79 Å². The molecular formula is C5H10O2Si. The molecule has 0 aromatic carbocycles. The molecule has 0 bridgehead atoms. The summed E-state index contributed by atoms with van der Waals surface area (Å²) in [5.74, 6) is 0.00154. The Morgan fingerprint density at radius 1 is 1.62 bits per heavy atom. The molecule has 0 aromatic heterocycles. The van der Waals surface area contributed by atoms with Crippen molar-refractivity contribution in [3.63, 3.8) is 0 Å². The third-order valence-electron chi connectivity index (χ3n) is 1.32. The quantitative estimate of drug-likeness (QED) is 0.460. The Morgan fingerprint density at radius 3 is 2.38 bits per heavy atom. The number of carbonyl (C=O) groups is 1. The van der Waals surface area contributed by atoms with Crippen LogP contribution < -0.4 is 0 Å². The summed E-state index contributed by atoms with van der Waals surface area (Å²) in [6, 6.07) is 1.01. The summed E-state index contributed by atoms with van der Waals surface area (Å²) in [5, 5.41) is 0. The third-order valence-corrected chi connectivity index (χ3v) is 3.56. The molecule has 0 aliphatic carbocycles. The molecule has 0 amide bonds. The van der Waals surface area contributed by atoms with Crippen molar-refractivity contribution in [1.29, 1.82) is 0 Å². The van der Waals surface area contributed by atoms with Gasteiger partial charge in [0.25, 0.3) is 5.97 Å². The van der Waals surface area contributed by atoms with Crippen LogP contribution in [0.4, 0.5) is 0 Å². The van der Waals surface area contributed by atoms with Crippen LogP contribution in [0.5, 0.6) is 0 Å². The number of carbonyl (C=O) groups excluding carboxylic acids is 1. The summed E-state index contributed by atoms with van der Waals surface area (Å²) in [7, 11) is -1.45. The molecule has 1 aliphatic heterocycles. The molecule has 1 fully saturated rings. The molecule has 0 radical (unpaired) electrons. The summed E-state index contributed by atoms with van der Waals surface area (Å²) in [6.45, 7) is 4.13. The Balaban J connectivity index is 2.56. The molecule has 8 heavy (non-hydrogen) atoms. The zero-order valence-corrected chi connectivity index (χ0v) is 6.23. The lowest BCUT2D eigenvalue weighted by atomic mass is 10.5. The van der Waals surface area contributed by atoms with Crippen LogP contribution in [0.2, 0.25) is 19.1 Å². The standard InChI is InChI=1S/C5H10O2Si/c1-8(2)4-3-5(6)7-8/h3-4H2,1-2H3. The highest BCUT2D eigenvalue weighted by molar-refractivity contribution is 6.74. The van der Waals surface area contributed by atoms with Crippen molar-refractivity contribution in [3.05, 3.63) is 0 Å². The van der Waals surface area contributed by atoms with Gasteiger partial charge in [0.15, 0.2) is 0 Å². The number of hydrogen-bond donors (Lipinski definition) is 0. The Bertz CT molecular complexity index is 120. The van der Waals surface area contributed by atoms with E-state index in [9.17, 15) is 4.79 Å². The van der Waals surface area contributed by atoms with E-state index in [2.05, 4.69) is 13.1 Å². The van der Waals surface area contributed by atoms with E-state index < -0.39 is 8.32 Å². The molecule has 46 valence electrons. The van der Waals surface area contributed by atoms with Crippen LogP contribution in [0.25, 0.3) is 0 Å². The van der Waals surface area contributed by atoms with Gasteiger partial charge in [-0.1, -0.05) is 0 Å². The molecule has 0 unspecified atom stereocenters. The smallest absolute Gasteiger partial charge is 0.292 e. The van der Waals surface area contributed by atoms with E-state index in [1.54, 1.807) is 0 Å². The highest BCUT2D eigenvalue weighted by Gasteiger charge is 2.33. The van der Waals surface area contributed by atoms with Gasteiger partial charge in [-0.25, -0.2) is 0 Å². The SMILES string of the molecule is C[Si]1(C)CCC(=O)O1. The van der Waals surface area contributed by atoms with Crippen molar-refractivity contribution in [2.75, 3.05) is 0 Å². The zero-order chi connectivity index (χ0) is 6.20. The van der Waals surface area contributed by atoms with E-state index in [0.717, 1.165) is 6.04 Å². The molecule has 3 heteroatoms. The first kappa shape index (κ1) is 5.82. The second-order valence-electron chi connectivity index (χ2n) is 2.73. The average molecular weight is 130 g/mol. The van der Waals surface area contributed by atoms with Gasteiger partial charge in [0.2, 0.25) is 8.32 Å². The number of rotatable bonds is 0. The summed E-state index contributed by atoms with van der Waals surface area (Å²) < 4.78 is 5.05. The van der Waals surface area contributed by atoms with E-state index in [1.807, 2.05) is 0 Å². The lowest BCUT2D eigenvalue weighted by Gasteiger charge is -2.10. The van der Waals surface area contributed by atoms with Crippen molar-refractivity contribution in [3.8, 4) is 0 Å². The summed E-state index contributed by atoms with van der Waals surface area (Å²) in [4.78, 5) is 10.5. The molecule has 0 saturated carbocycles. The summed E-state index contributed by atoms with van der Waals surface area (Å²) in [5.41, 5.74) is 0. The highest BCUT2D eigenvalue weighted by atomic mass is 28.4. The van der Waals surface area contributed by atoms with Gasteiger partial charge in [-0.2, -0.15) is 0 Å². The maximum Gasteiger partial charge on any atom is 0.292 e. The van der Waals surface area contributed by atoms with Gasteiger partial charge in [-0.05, 0) is 19.1 Å². The molecule has 1 heterocycles. The Morgan fingerprint density at radius 2 is 2.25 bits per heavy atom. The topological polar surface area (TPSA) is 26.3 Å². The first-order valence-electron chi connectivity index (χ1n) is 2.82. The Hall–Kier alpha value is -0.313. The van der Waals surface area contributed by atoms with Crippen LogP contribution in [0.15, 0.2) is 0 Å². The molecule has 0 spiro atoms. The van der Waals surface area contributed by atoms with Crippen molar-refractivity contribution < 1.29 is 9.22 Å². The third kappa shape index (κ3) is 1.09. The maximum atomic E-state index is 10.5. The van der Waals surface area contributed by atoms with E-state index in [-0.39, 0.29) is 5.97 Å². The monoisotopic (exact) mass is 130 g/mol. The van der Waals surface area contributed by atoms with Gasteiger partial charge in [0, 0.05) is 6.42 Å². The van der Waals surface area contributed by atoms with Crippen LogP contribution in [0.1, 0.15) is 6.42 Å². The van der Waals surface area contributed by atoms with Gasteiger partial charge in [0.1, 0.15) is 0 Å². The van der Waals surface area contributed by atoms with Gasteiger partial charge in [0.05, 0.1) is 0 Å².